The van der Waals surface area contributed by atoms with Crippen LogP contribution in [0.25, 0.3) is 0 Å². The Balaban J connectivity index is 2.27. The van der Waals surface area contributed by atoms with Crippen LogP contribution in [-0.2, 0) is 23.2 Å². The third-order valence-electron chi connectivity index (χ3n) is 2.93. The third-order valence-corrected chi connectivity index (χ3v) is 4.38. The van der Waals surface area contributed by atoms with Crippen LogP contribution in [-0.4, -0.2) is 13.5 Å². The van der Waals surface area contributed by atoms with Crippen LogP contribution in [0.1, 0.15) is 11.1 Å². The molecule has 2 rings (SSSR count). The second-order valence-corrected chi connectivity index (χ2v) is 6.01. The predicted molar refractivity (Wildman–Crippen MR) is 72.7 cm³/mol. The Bertz CT molecular complexity index is 727. The quantitative estimate of drug-likeness (QED) is 0.886. The van der Waals surface area contributed by atoms with E-state index in [-0.39, 0.29) is 13.2 Å². The molecule has 0 radical (unpaired) electrons. The average molecular weight is 313 g/mol. The summed E-state index contributed by atoms with van der Waals surface area (Å²) in [5.74, 6) is -2.31. The van der Waals surface area contributed by atoms with E-state index in [4.69, 9.17) is 5.11 Å². The van der Waals surface area contributed by atoms with Gasteiger partial charge in [0, 0.05) is 6.54 Å². The Morgan fingerprint density at radius 2 is 1.52 bits per heavy atom. The lowest BCUT2D eigenvalue weighted by molar-refractivity contribution is 0.280. The van der Waals surface area contributed by atoms with Gasteiger partial charge in [-0.15, -0.1) is 0 Å². The molecule has 0 heterocycles. The molecule has 0 saturated heterocycles. The van der Waals surface area contributed by atoms with E-state index in [0.29, 0.717) is 11.1 Å². The molecule has 0 atom stereocenters. The largest absolute Gasteiger partial charge is 0.392 e. The number of halogens is 2. The van der Waals surface area contributed by atoms with Crippen LogP contribution in [0.4, 0.5) is 8.78 Å². The van der Waals surface area contributed by atoms with Crippen LogP contribution >= 0.6 is 0 Å². The third kappa shape index (κ3) is 3.44. The van der Waals surface area contributed by atoms with Gasteiger partial charge in [-0.3, -0.25) is 0 Å². The van der Waals surface area contributed by atoms with E-state index in [0.717, 1.165) is 18.2 Å². The molecule has 0 aliphatic heterocycles. The van der Waals surface area contributed by atoms with E-state index in [1.165, 1.54) is 0 Å². The normalized spacial score (nSPS) is 11.6. The highest BCUT2D eigenvalue weighted by Crippen LogP contribution is 2.18. The van der Waals surface area contributed by atoms with Gasteiger partial charge in [0.25, 0.3) is 0 Å². The van der Waals surface area contributed by atoms with Crippen molar-refractivity contribution in [3.63, 3.8) is 0 Å². The van der Waals surface area contributed by atoms with Crippen molar-refractivity contribution in [3.8, 4) is 0 Å². The number of sulfonamides is 1. The molecule has 0 fully saturated rings. The minimum absolute atomic E-state index is 0.174. The van der Waals surface area contributed by atoms with Gasteiger partial charge in [-0.25, -0.2) is 21.9 Å². The number of rotatable bonds is 5. The van der Waals surface area contributed by atoms with Crippen molar-refractivity contribution in [2.24, 2.45) is 0 Å². The summed E-state index contributed by atoms with van der Waals surface area (Å²) in [5.41, 5.74) is 1.06. The first-order valence-corrected chi connectivity index (χ1v) is 7.55. The maximum Gasteiger partial charge on any atom is 0.246 e. The summed E-state index contributed by atoms with van der Waals surface area (Å²) in [4.78, 5) is -1.01. The van der Waals surface area contributed by atoms with E-state index >= 15 is 0 Å². The first-order chi connectivity index (χ1) is 9.95. The molecule has 0 amide bonds. The molecule has 0 bridgehead atoms. The highest BCUT2D eigenvalue weighted by Gasteiger charge is 2.23. The predicted octanol–water partition coefficient (Wildman–Crippen LogP) is 1.94. The Hall–Kier alpha value is -1.83. The molecular formula is C14H13F2NO3S. The zero-order valence-electron chi connectivity index (χ0n) is 10.9. The molecule has 2 N–H and O–H groups in total. The lowest BCUT2D eigenvalue weighted by atomic mass is 10.1. The molecular weight excluding hydrogens is 300 g/mol. The second kappa shape index (κ2) is 6.30. The van der Waals surface area contributed by atoms with Gasteiger partial charge < -0.3 is 5.11 Å². The molecule has 4 nitrogen and oxygen atoms in total. The van der Waals surface area contributed by atoms with Crippen molar-refractivity contribution < 1.29 is 22.3 Å². The molecule has 7 heteroatoms. The maximum atomic E-state index is 13.5. The Morgan fingerprint density at radius 3 is 2.10 bits per heavy atom. The minimum atomic E-state index is -4.33. The number of aliphatic hydroxyl groups is 1. The Morgan fingerprint density at radius 1 is 0.952 bits per heavy atom. The van der Waals surface area contributed by atoms with Gasteiger partial charge in [0.1, 0.15) is 11.6 Å². The summed E-state index contributed by atoms with van der Waals surface area (Å²) >= 11 is 0. The van der Waals surface area contributed by atoms with Crippen molar-refractivity contribution in [1.82, 2.24) is 4.72 Å². The molecule has 0 aliphatic rings. The van der Waals surface area contributed by atoms with E-state index in [1.54, 1.807) is 24.3 Å². The van der Waals surface area contributed by atoms with Crippen molar-refractivity contribution in [3.05, 3.63) is 65.2 Å². The van der Waals surface area contributed by atoms with E-state index in [9.17, 15) is 17.2 Å². The van der Waals surface area contributed by atoms with Gasteiger partial charge in [0.05, 0.1) is 6.61 Å². The van der Waals surface area contributed by atoms with E-state index in [2.05, 4.69) is 4.72 Å². The molecule has 0 aliphatic carbocycles. The van der Waals surface area contributed by atoms with Gasteiger partial charge >= 0.3 is 0 Å². The zero-order chi connectivity index (χ0) is 15.5. The van der Waals surface area contributed by atoms with Crippen molar-refractivity contribution >= 4 is 10.0 Å². The number of aliphatic hydroxyl groups excluding tert-OH is 1. The van der Waals surface area contributed by atoms with Crippen LogP contribution in [0, 0.1) is 11.6 Å². The van der Waals surface area contributed by atoms with Crippen LogP contribution in [0.5, 0.6) is 0 Å². The Kier molecular flexibility index (Phi) is 4.66. The second-order valence-electron chi connectivity index (χ2n) is 4.30. The summed E-state index contributed by atoms with van der Waals surface area (Å²) in [6.45, 7) is -0.432. The zero-order valence-corrected chi connectivity index (χ0v) is 11.7. The van der Waals surface area contributed by atoms with Gasteiger partial charge in [0.2, 0.25) is 10.0 Å². The molecule has 2 aromatic carbocycles. The molecule has 0 saturated carbocycles. The van der Waals surface area contributed by atoms with E-state index in [1.807, 2.05) is 0 Å². The van der Waals surface area contributed by atoms with Gasteiger partial charge in [-0.05, 0) is 23.3 Å². The first kappa shape index (κ1) is 15.6. The first-order valence-electron chi connectivity index (χ1n) is 6.07. The van der Waals surface area contributed by atoms with Crippen molar-refractivity contribution in [2.75, 3.05) is 0 Å². The fraction of sp³-hybridized carbons (Fsp3) is 0.143. The molecule has 0 unspecified atom stereocenters. The molecule has 21 heavy (non-hydrogen) atoms. The van der Waals surface area contributed by atoms with Gasteiger partial charge in [-0.2, -0.15) is 0 Å². The van der Waals surface area contributed by atoms with Crippen LogP contribution in [0.3, 0.4) is 0 Å². The standard InChI is InChI=1S/C14H13F2NO3S/c15-12-6-3-7-13(16)14(12)21(19,20)17-8-10-4-1-2-5-11(10)9-18/h1-7,17-18H,8-9H2. The summed E-state index contributed by atoms with van der Waals surface area (Å²) in [6, 6.07) is 9.45. The smallest absolute Gasteiger partial charge is 0.246 e. The molecule has 0 aromatic heterocycles. The number of hydrogen-bond donors (Lipinski definition) is 2. The fourth-order valence-electron chi connectivity index (χ4n) is 1.87. The van der Waals surface area contributed by atoms with Gasteiger partial charge in [0.15, 0.2) is 4.90 Å². The number of benzene rings is 2. The van der Waals surface area contributed by atoms with Gasteiger partial charge in [-0.1, -0.05) is 30.3 Å². The number of nitrogens with one attached hydrogen (secondary N) is 1. The topological polar surface area (TPSA) is 66.4 Å². The summed E-state index contributed by atoms with van der Waals surface area (Å²) < 4.78 is 53.2. The maximum absolute atomic E-state index is 13.5. The molecule has 2 aromatic rings. The summed E-state index contributed by atoms with van der Waals surface area (Å²) in [7, 11) is -4.33. The SMILES string of the molecule is O=S(=O)(NCc1ccccc1CO)c1c(F)cccc1F. The average Bonchev–Trinajstić information content (AvgIpc) is 2.45. The molecule has 112 valence electrons. The molecule has 0 spiro atoms. The lowest BCUT2D eigenvalue weighted by Crippen LogP contribution is -2.25. The van der Waals surface area contributed by atoms with E-state index < -0.39 is 26.6 Å². The summed E-state index contributed by atoms with van der Waals surface area (Å²) in [5, 5.41) is 9.16. The highest BCUT2D eigenvalue weighted by molar-refractivity contribution is 7.89. The summed E-state index contributed by atoms with van der Waals surface area (Å²) in [6.07, 6.45) is 0. The van der Waals surface area contributed by atoms with Crippen LogP contribution in [0.15, 0.2) is 47.4 Å². The fourth-order valence-corrected chi connectivity index (χ4v) is 3.01. The van der Waals surface area contributed by atoms with Crippen molar-refractivity contribution in [2.45, 2.75) is 18.0 Å². The monoisotopic (exact) mass is 313 g/mol. The minimum Gasteiger partial charge on any atom is -0.392 e. The lowest BCUT2D eigenvalue weighted by Gasteiger charge is -2.10. The highest BCUT2D eigenvalue weighted by atomic mass is 32.2. The van der Waals surface area contributed by atoms with Crippen LogP contribution < -0.4 is 4.72 Å². The van der Waals surface area contributed by atoms with Crippen molar-refractivity contribution in [1.29, 1.82) is 0 Å². The number of hydrogen-bond acceptors (Lipinski definition) is 3. The Labute approximate surface area is 121 Å². The van der Waals surface area contributed by atoms with Crippen LogP contribution in [0.2, 0.25) is 0 Å².